The maximum atomic E-state index is 12.7. The van der Waals surface area contributed by atoms with Crippen molar-refractivity contribution >= 4 is 28.7 Å². The Bertz CT molecular complexity index is 913. The van der Waals surface area contributed by atoms with Gasteiger partial charge in [0.15, 0.2) is 29.6 Å². The predicted molar refractivity (Wildman–Crippen MR) is 100 cm³/mol. The van der Waals surface area contributed by atoms with E-state index >= 15 is 0 Å². The highest BCUT2D eigenvalue weighted by atomic mass is 16.6. The molecule has 0 bridgehead atoms. The molecule has 0 saturated carbocycles. The first-order valence-electron chi connectivity index (χ1n) is 9.32. The quantitative estimate of drug-likeness (QED) is 0.547. The predicted octanol–water partition coefficient (Wildman–Crippen LogP) is -0.179. The Kier molecular flexibility index (Phi) is 5.82. The lowest BCUT2D eigenvalue weighted by molar-refractivity contribution is -0.173. The fourth-order valence-electron chi connectivity index (χ4n) is 3.10. The highest BCUT2D eigenvalue weighted by molar-refractivity contribution is 5.88. The van der Waals surface area contributed by atoms with Crippen molar-refractivity contribution in [2.75, 3.05) is 5.73 Å². The Hall–Kier alpha value is -2.63. The molecule has 1 aliphatic heterocycles. The zero-order chi connectivity index (χ0) is 21.5. The first kappa shape index (κ1) is 21.1. The smallest absolute Gasteiger partial charge is 0.309 e. The van der Waals surface area contributed by atoms with E-state index in [2.05, 4.69) is 15.0 Å². The summed E-state index contributed by atoms with van der Waals surface area (Å²) in [6.07, 6.45) is -4.07. The molecule has 0 aromatic carbocycles. The van der Waals surface area contributed by atoms with Crippen LogP contribution in [0.5, 0.6) is 0 Å². The third kappa shape index (κ3) is 3.80. The van der Waals surface area contributed by atoms with Crippen LogP contribution in [-0.2, 0) is 19.1 Å². The largest absolute Gasteiger partial charge is 0.451 e. The number of aliphatic hydroxyl groups is 2. The summed E-state index contributed by atoms with van der Waals surface area (Å²) < 4.78 is 12.6. The Labute approximate surface area is 166 Å². The molecule has 4 N–H and O–H groups in total. The summed E-state index contributed by atoms with van der Waals surface area (Å²) >= 11 is 0. The number of aromatic nitrogens is 4. The Morgan fingerprint density at radius 2 is 1.83 bits per heavy atom. The summed E-state index contributed by atoms with van der Waals surface area (Å²) in [4.78, 5) is 36.9. The first-order chi connectivity index (χ1) is 13.6. The number of nitrogens with two attached hydrogens (primary N) is 1. The van der Waals surface area contributed by atoms with Crippen LogP contribution in [0.3, 0.4) is 0 Å². The molecule has 158 valence electrons. The second-order valence-corrected chi connectivity index (χ2v) is 7.62. The minimum atomic E-state index is -1.48. The fraction of sp³-hybridized carbons (Fsp3) is 0.611. The topological polar surface area (TPSA) is 163 Å². The normalized spacial score (nSPS) is 25.7. The Morgan fingerprint density at radius 3 is 2.45 bits per heavy atom. The van der Waals surface area contributed by atoms with E-state index in [4.69, 9.17) is 15.2 Å². The molecule has 5 atom stereocenters. The number of carbonyl (C=O) groups is 2. The van der Waals surface area contributed by atoms with Crippen molar-refractivity contribution in [1.82, 2.24) is 19.5 Å². The standard InChI is InChI=1S/C18H25N5O6/c1-7(2)10(24)13(29-18(27)8(3)4)14-11(25)12(26)17(28-14)23-6-22-9-15(19)20-5-21-16(9)23/h5-8,11-14,17,25-26H,1-4H3,(H2,19,20,21)/t11-,12+,13?,14-,17+/m0/s1. The zero-order valence-corrected chi connectivity index (χ0v) is 16.6. The molecule has 11 nitrogen and oxygen atoms in total. The summed E-state index contributed by atoms with van der Waals surface area (Å²) in [5.74, 6) is -1.83. The molecule has 11 heteroatoms. The van der Waals surface area contributed by atoms with E-state index in [-0.39, 0.29) is 5.82 Å². The lowest BCUT2D eigenvalue weighted by atomic mass is 9.96. The van der Waals surface area contributed by atoms with Crippen molar-refractivity contribution in [1.29, 1.82) is 0 Å². The molecule has 0 amide bonds. The summed E-state index contributed by atoms with van der Waals surface area (Å²) in [5, 5.41) is 21.2. The molecule has 2 aromatic heterocycles. The molecular weight excluding hydrogens is 382 g/mol. The molecule has 2 aromatic rings. The molecule has 1 fully saturated rings. The average Bonchev–Trinajstić information content (AvgIpc) is 3.22. The van der Waals surface area contributed by atoms with Crippen molar-refractivity contribution in [3.8, 4) is 0 Å². The average molecular weight is 407 g/mol. The van der Waals surface area contributed by atoms with Crippen LogP contribution in [0.25, 0.3) is 11.2 Å². The van der Waals surface area contributed by atoms with Gasteiger partial charge in [-0.3, -0.25) is 14.2 Å². The molecular formula is C18H25N5O6. The van der Waals surface area contributed by atoms with Crippen molar-refractivity contribution in [2.45, 2.75) is 58.3 Å². The van der Waals surface area contributed by atoms with Crippen LogP contribution in [0.2, 0.25) is 0 Å². The van der Waals surface area contributed by atoms with Crippen LogP contribution < -0.4 is 5.73 Å². The number of nitrogens with zero attached hydrogens (tertiary/aromatic N) is 4. The van der Waals surface area contributed by atoms with Gasteiger partial charge in [0.25, 0.3) is 0 Å². The van der Waals surface area contributed by atoms with Crippen LogP contribution in [0.15, 0.2) is 12.7 Å². The van der Waals surface area contributed by atoms with Gasteiger partial charge in [-0.1, -0.05) is 27.7 Å². The lowest BCUT2D eigenvalue weighted by Crippen LogP contribution is -2.47. The van der Waals surface area contributed by atoms with Gasteiger partial charge in [-0.2, -0.15) is 0 Å². The number of aliphatic hydroxyl groups excluding tert-OH is 2. The van der Waals surface area contributed by atoms with Crippen molar-refractivity contribution in [3.05, 3.63) is 12.7 Å². The van der Waals surface area contributed by atoms with Crippen molar-refractivity contribution in [3.63, 3.8) is 0 Å². The number of Topliss-reactive ketones (excluding diaryl/α,β-unsaturated/α-hetero) is 1. The van der Waals surface area contributed by atoms with E-state index in [0.29, 0.717) is 11.2 Å². The van der Waals surface area contributed by atoms with E-state index in [1.54, 1.807) is 27.7 Å². The highest BCUT2D eigenvalue weighted by Gasteiger charge is 2.51. The first-order valence-corrected chi connectivity index (χ1v) is 9.32. The summed E-state index contributed by atoms with van der Waals surface area (Å²) in [6, 6.07) is 0. The van der Waals surface area contributed by atoms with Gasteiger partial charge in [0.2, 0.25) is 0 Å². The van der Waals surface area contributed by atoms with Gasteiger partial charge >= 0.3 is 5.97 Å². The van der Waals surface area contributed by atoms with E-state index in [9.17, 15) is 19.8 Å². The second kappa shape index (κ2) is 8.01. The molecule has 1 saturated heterocycles. The maximum Gasteiger partial charge on any atom is 0.309 e. The van der Waals surface area contributed by atoms with E-state index in [1.165, 1.54) is 17.2 Å². The van der Waals surface area contributed by atoms with Gasteiger partial charge in [0.1, 0.15) is 30.2 Å². The molecule has 0 radical (unpaired) electrons. The number of fused-ring (bicyclic) bond motifs is 1. The van der Waals surface area contributed by atoms with Gasteiger partial charge in [0, 0.05) is 5.92 Å². The number of imidazole rings is 1. The molecule has 0 spiro atoms. The van der Waals surface area contributed by atoms with Crippen molar-refractivity contribution in [2.24, 2.45) is 11.8 Å². The number of rotatable bonds is 6. The van der Waals surface area contributed by atoms with Crippen LogP contribution >= 0.6 is 0 Å². The maximum absolute atomic E-state index is 12.7. The minimum absolute atomic E-state index is 0.150. The fourth-order valence-corrected chi connectivity index (χ4v) is 3.10. The molecule has 0 aliphatic carbocycles. The second-order valence-electron chi connectivity index (χ2n) is 7.62. The Balaban J connectivity index is 1.94. The number of ether oxygens (including phenoxy) is 2. The summed E-state index contributed by atoms with van der Waals surface area (Å²) in [5.41, 5.74) is 6.38. The Morgan fingerprint density at radius 1 is 1.14 bits per heavy atom. The van der Waals surface area contributed by atoms with Gasteiger partial charge in [-0.05, 0) is 0 Å². The SMILES string of the molecule is CC(C)C(=O)OC(C(=O)C(C)C)[C@H]1O[C@@H](n2cnc3c(N)ncnc32)[C@H](O)[C@@H]1O. The number of hydrogen-bond acceptors (Lipinski definition) is 10. The summed E-state index contributed by atoms with van der Waals surface area (Å²) in [6.45, 7) is 6.56. The number of esters is 1. The molecule has 3 rings (SSSR count). The number of hydrogen-bond donors (Lipinski definition) is 3. The van der Waals surface area contributed by atoms with E-state index < -0.39 is 54.2 Å². The van der Waals surface area contributed by atoms with E-state index in [0.717, 1.165) is 0 Å². The van der Waals surface area contributed by atoms with Gasteiger partial charge < -0.3 is 25.4 Å². The van der Waals surface area contributed by atoms with Crippen molar-refractivity contribution < 1.29 is 29.3 Å². The van der Waals surface area contributed by atoms with Gasteiger partial charge in [-0.25, -0.2) is 15.0 Å². The number of anilines is 1. The molecule has 29 heavy (non-hydrogen) atoms. The number of ketones is 1. The van der Waals surface area contributed by atoms with Gasteiger partial charge in [-0.15, -0.1) is 0 Å². The lowest BCUT2D eigenvalue weighted by Gasteiger charge is -2.26. The molecule has 1 aliphatic rings. The molecule has 1 unspecified atom stereocenters. The zero-order valence-electron chi connectivity index (χ0n) is 16.6. The van der Waals surface area contributed by atoms with Gasteiger partial charge in [0.05, 0.1) is 12.2 Å². The third-order valence-corrected chi connectivity index (χ3v) is 4.80. The van der Waals surface area contributed by atoms with Crippen LogP contribution in [0.1, 0.15) is 33.9 Å². The van der Waals surface area contributed by atoms with Crippen LogP contribution in [0.4, 0.5) is 5.82 Å². The summed E-state index contributed by atoms with van der Waals surface area (Å²) in [7, 11) is 0. The molecule has 3 heterocycles. The van der Waals surface area contributed by atoms with Crippen LogP contribution in [0, 0.1) is 11.8 Å². The number of nitrogen functional groups attached to an aromatic ring is 1. The van der Waals surface area contributed by atoms with Crippen LogP contribution in [-0.4, -0.2) is 65.9 Å². The number of carbonyl (C=O) groups excluding carboxylic acids is 2. The highest BCUT2D eigenvalue weighted by Crippen LogP contribution is 2.35. The monoisotopic (exact) mass is 407 g/mol. The minimum Gasteiger partial charge on any atom is -0.451 e. The third-order valence-electron chi connectivity index (χ3n) is 4.80. The van der Waals surface area contributed by atoms with E-state index in [1.807, 2.05) is 0 Å².